The number of carboxylic acid groups (broad SMARTS) is 1. The van der Waals surface area contributed by atoms with E-state index < -0.39 is 17.6 Å². The van der Waals surface area contributed by atoms with Gasteiger partial charge < -0.3 is 15.0 Å². The molecule has 13 heteroatoms. The van der Waals surface area contributed by atoms with Gasteiger partial charge in [0, 0.05) is 38.2 Å². The SMILES string of the molecule is CC(C)Nc1cc([C@H](C)Cc2nncn2C)cc(N2Cc3c(cc(CN4CCC5(CC5)C4)cc3C(F)(F)F)C2=O)n1.O=CO. The average molecular weight is 614 g/mol. The number of aryl methyl sites for hydroxylation is 1. The minimum absolute atomic E-state index is 0.00000323. The summed E-state index contributed by atoms with van der Waals surface area (Å²) in [4.78, 5) is 30.4. The van der Waals surface area contributed by atoms with Crippen molar-refractivity contribution in [3.05, 3.63) is 64.2 Å². The average Bonchev–Trinajstić information content (AvgIpc) is 3.21. The molecule has 1 aliphatic carbocycles. The van der Waals surface area contributed by atoms with Gasteiger partial charge in [-0.2, -0.15) is 13.2 Å². The van der Waals surface area contributed by atoms with Crippen LogP contribution in [0.1, 0.15) is 84.4 Å². The molecule has 1 atom stereocenters. The van der Waals surface area contributed by atoms with Gasteiger partial charge in [-0.3, -0.25) is 19.4 Å². The quantitative estimate of drug-likeness (QED) is 0.332. The Bertz CT molecular complexity index is 1530. The van der Waals surface area contributed by atoms with Crippen LogP contribution in [0.25, 0.3) is 0 Å². The standard InChI is InChI=1S/C30H36F3N7O.CH2O2/c1-18(2)35-25-12-21(19(3)9-27-37-34-17-38(27)4)13-26(36-25)40-15-23-22(28(40)41)10-20(11-24(23)30(31,32)33)14-39-8-7-29(16-39)5-6-29;2-1-3/h10-13,17-19H,5-9,14-16H2,1-4H3,(H,35,36);1H,(H,2,3)/t19-;/m1./s1. The van der Waals surface area contributed by atoms with E-state index in [-0.39, 0.29) is 36.1 Å². The number of alkyl halides is 3. The number of fused-ring (bicyclic) bond motifs is 1. The molecule has 2 aromatic heterocycles. The van der Waals surface area contributed by atoms with E-state index in [9.17, 15) is 18.0 Å². The Balaban J connectivity index is 0.00000123. The number of nitrogens with one attached hydrogen (secondary N) is 1. The van der Waals surface area contributed by atoms with Crippen molar-refractivity contribution < 1.29 is 27.9 Å². The molecule has 2 aliphatic heterocycles. The maximum Gasteiger partial charge on any atom is 0.416 e. The molecule has 1 saturated carbocycles. The third-order valence-electron chi connectivity index (χ3n) is 8.70. The van der Waals surface area contributed by atoms with Gasteiger partial charge in [0.15, 0.2) is 0 Å². The van der Waals surface area contributed by atoms with E-state index in [1.807, 2.05) is 44.5 Å². The maximum absolute atomic E-state index is 14.3. The second kappa shape index (κ2) is 12.2. The summed E-state index contributed by atoms with van der Waals surface area (Å²) in [6.45, 7) is 7.80. The number of carbonyl (C=O) groups is 2. The predicted octanol–water partition coefficient (Wildman–Crippen LogP) is 5.24. The Labute approximate surface area is 254 Å². The molecule has 0 unspecified atom stereocenters. The van der Waals surface area contributed by atoms with Gasteiger partial charge in [-0.1, -0.05) is 6.92 Å². The molecule has 1 amide bonds. The van der Waals surface area contributed by atoms with E-state index >= 15 is 0 Å². The molecule has 10 nitrogen and oxygen atoms in total. The number of benzene rings is 1. The van der Waals surface area contributed by atoms with Crippen LogP contribution >= 0.6 is 0 Å². The molecule has 0 bridgehead atoms. The first-order valence-corrected chi connectivity index (χ1v) is 14.8. The summed E-state index contributed by atoms with van der Waals surface area (Å²) in [7, 11) is 1.88. The number of rotatable bonds is 8. The second-order valence-electron chi connectivity index (χ2n) is 12.5. The molecule has 1 aromatic carbocycles. The molecular formula is C31H38F3N7O3. The largest absolute Gasteiger partial charge is 0.483 e. The topological polar surface area (TPSA) is 116 Å². The van der Waals surface area contributed by atoms with Crippen molar-refractivity contribution in [1.82, 2.24) is 24.6 Å². The van der Waals surface area contributed by atoms with Crippen LogP contribution in [0.3, 0.4) is 0 Å². The summed E-state index contributed by atoms with van der Waals surface area (Å²) in [6.07, 6.45) is 1.18. The van der Waals surface area contributed by atoms with Crippen molar-refractivity contribution in [3.63, 3.8) is 0 Å². The van der Waals surface area contributed by atoms with E-state index in [0.717, 1.165) is 30.9 Å². The van der Waals surface area contributed by atoms with Crippen LogP contribution in [-0.2, 0) is 37.5 Å². The van der Waals surface area contributed by atoms with Crippen molar-refractivity contribution in [1.29, 1.82) is 0 Å². The number of nitrogens with zero attached hydrogens (tertiary/aromatic N) is 6. The molecule has 44 heavy (non-hydrogen) atoms. The lowest BCUT2D eigenvalue weighted by molar-refractivity contribution is -0.138. The van der Waals surface area contributed by atoms with Gasteiger partial charge in [0.1, 0.15) is 23.8 Å². The van der Waals surface area contributed by atoms with Crippen LogP contribution in [0.15, 0.2) is 30.6 Å². The summed E-state index contributed by atoms with van der Waals surface area (Å²) in [5, 5.41) is 18.3. The normalized spacial score (nSPS) is 17.9. The minimum atomic E-state index is -4.57. The van der Waals surface area contributed by atoms with Gasteiger partial charge in [0.25, 0.3) is 12.4 Å². The molecule has 0 radical (unpaired) electrons. The number of hydrogen-bond donors (Lipinski definition) is 2. The zero-order chi connectivity index (χ0) is 31.8. The lowest BCUT2D eigenvalue weighted by Gasteiger charge is -2.21. The number of amides is 1. The Morgan fingerprint density at radius 2 is 1.86 bits per heavy atom. The zero-order valence-corrected chi connectivity index (χ0v) is 25.4. The van der Waals surface area contributed by atoms with Crippen LogP contribution in [-0.4, -0.2) is 61.3 Å². The summed E-state index contributed by atoms with van der Waals surface area (Å²) < 4.78 is 44.9. The first-order chi connectivity index (χ1) is 20.8. The van der Waals surface area contributed by atoms with Crippen LogP contribution in [0, 0.1) is 5.41 Å². The van der Waals surface area contributed by atoms with E-state index in [4.69, 9.17) is 9.90 Å². The summed E-state index contributed by atoms with van der Waals surface area (Å²) in [5.74, 6) is 1.27. The monoisotopic (exact) mass is 613 g/mol. The lowest BCUT2D eigenvalue weighted by Crippen LogP contribution is -2.25. The Kier molecular flexibility index (Phi) is 8.70. The summed E-state index contributed by atoms with van der Waals surface area (Å²) >= 11 is 0. The van der Waals surface area contributed by atoms with E-state index in [1.54, 1.807) is 12.4 Å². The number of likely N-dealkylation sites (tertiary alicyclic amines) is 1. The molecule has 3 aliphatic rings. The Morgan fingerprint density at radius 1 is 1.14 bits per heavy atom. The molecule has 2 N–H and O–H groups in total. The summed E-state index contributed by atoms with van der Waals surface area (Å²) in [5.41, 5.74) is 1.22. The maximum atomic E-state index is 14.3. The van der Waals surface area contributed by atoms with Gasteiger partial charge in [-0.25, -0.2) is 4.98 Å². The molecule has 3 aromatic rings. The fourth-order valence-corrected chi connectivity index (χ4v) is 6.22. The first kappa shape index (κ1) is 31.4. The van der Waals surface area contributed by atoms with Crippen LogP contribution in [0.2, 0.25) is 0 Å². The molecule has 2 fully saturated rings. The molecular weight excluding hydrogens is 575 g/mol. The van der Waals surface area contributed by atoms with Crippen molar-refractivity contribution in [3.8, 4) is 0 Å². The van der Waals surface area contributed by atoms with Crippen molar-refractivity contribution >= 4 is 24.0 Å². The van der Waals surface area contributed by atoms with Crippen molar-refractivity contribution in [2.24, 2.45) is 12.5 Å². The molecule has 4 heterocycles. The third-order valence-corrected chi connectivity index (χ3v) is 8.70. The smallest absolute Gasteiger partial charge is 0.416 e. The number of pyridine rings is 1. The second-order valence-corrected chi connectivity index (χ2v) is 12.5. The third kappa shape index (κ3) is 6.72. The van der Waals surface area contributed by atoms with Gasteiger partial charge in [0.2, 0.25) is 0 Å². The number of halogens is 3. The van der Waals surface area contributed by atoms with Gasteiger partial charge in [0.05, 0.1) is 12.1 Å². The van der Waals surface area contributed by atoms with Crippen LogP contribution < -0.4 is 10.2 Å². The summed E-state index contributed by atoms with van der Waals surface area (Å²) in [6, 6.07) is 6.72. The highest BCUT2D eigenvalue weighted by Crippen LogP contribution is 2.53. The molecule has 6 rings (SSSR count). The Morgan fingerprint density at radius 3 is 2.45 bits per heavy atom. The van der Waals surface area contributed by atoms with E-state index in [1.165, 1.54) is 23.8 Å². The highest BCUT2D eigenvalue weighted by Gasteiger charge is 2.47. The zero-order valence-electron chi connectivity index (χ0n) is 25.4. The Hall–Kier alpha value is -4.00. The number of carbonyl (C=O) groups excluding carboxylic acids is 1. The van der Waals surface area contributed by atoms with Crippen LogP contribution in [0.5, 0.6) is 0 Å². The van der Waals surface area contributed by atoms with Gasteiger partial charge in [-0.15, -0.1) is 10.2 Å². The van der Waals surface area contributed by atoms with Gasteiger partial charge in [-0.05, 0) is 91.9 Å². The molecule has 1 spiro atoms. The highest BCUT2D eigenvalue weighted by molar-refractivity contribution is 6.10. The van der Waals surface area contributed by atoms with E-state index in [2.05, 4.69) is 25.4 Å². The molecule has 1 saturated heterocycles. The molecule has 236 valence electrons. The van der Waals surface area contributed by atoms with Crippen molar-refractivity contribution in [2.75, 3.05) is 23.3 Å². The minimum Gasteiger partial charge on any atom is -0.483 e. The first-order valence-electron chi connectivity index (χ1n) is 14.8. The fraction of sp³-hybridized carbons (Fsp3) is 0.516. The fourth-order valence-electron chi connectivity index (χ4n) is 6.22. The number of hydrogen-bond acceptors (Lipinski definition) is 7. The van der Waals surface area contributed by atoms with Crippen LogP contribution in [0.4, 0.5) is 24.8 Å². The number of aromatic nitrogens is 4. The highest BCUT2D eigenvalue weighted by atomic mass is 19.4. The van der Waals surface area contributed by atoms with Gasteiger partial charge >= 0.3 is 6.18 Å². The predicted molar refractivity (Wildman–Crippen MR) is 158 cm³/mol. The van der Waals surface area contributed by atoms with Crippen molar-refractivity contribution in [2.45, 2.75) is 77.7 Å². The lowest BCUT2D eigenvalue weighted by atomic mass is 9.97. The van der Waals surface area contributed by atoms with E-state index in [0.29, 0.717) is 35.6 Å². The number of anilines is 2.